The van der Waals surface area contributed by atoms with E-state index in [0.717, 1.165) is 44.2 Å². The van der Waals surface area contributed by atoms with Gasteiger partial charge in [-0.2, -0.15) is 0 Å². The molecule has 1 fully saturated rings. The summed E-state index contributed by atoms with van der Waals surface area (Å²) in [4.78, 5) is 30.9. The molecule has 0 saturated heterocycles. The Bertz CT molecular complexity index is 1020. The van der Waals surface area contributed by atoms with Gasteiger partial charge in [-0.3, -0.25) is 14.5 Å². The second-order valence-corrected chi connectivity index (χ2v) is 8.31. The topological polar surface area (TPSA) is 59.1 Å². The number of nitrogens with zero attached hydrogens (tertiary/aromatic N) is 2. The highest BCUT2D eigenvalue weighted by Crippen LogP contribution is 2.39. The van der Waals surface area contributed by atoms with Gasteiger partial charge in [-0.1, -0.05) is 49.9 Å². The van der Waals surface area contributed by atoms with Gasteiger partial charge in [-0.25, -0.2) is 0 Å². The van der Waals surface area contributed by atoms with Crippen LogP contribution in [0.2, 0.25) is 0 Å². The third kappa shape index (κ3) is 3.97. The molecule has 6 heteroatoms. The van der Waals surface area contributed by atoms with Crippen molar-refractivity contribution >= 4 is 23.1 Å². The van der Waals surface area contributed by atoms with E-state index in [0.29, 0.717) is 28.3 Å². The van der Waals surface area contributed by atoms with E-state index in [1.807, 2.05) is 48.3 Å². The van der Waals surface area contributed by atoms with E-state index in [4.69, 9.17) is 9.47 Å². The Hall–Kier alpha value is -3.28. The number of amides is 2. The van der Waals surface area contributed by atoms with Crippen LogP contribution in [0.15, 0.2) is 54.2 Å². The smallest absolute Gasteiger partial charge is 0.278 e. The molecular formula is C26H30N2O4. The maximum Gasteiger partial charge on any atom is 0.278 e. The van der Waals surface area contributed by atoms with Crippen LogP contribution in [-0.4, -0.2) is 44.0 Å². The minimum absolute atomic E-state index is 0.0608. The van der Waals surface area contributed by atoms with E-state index in [9.17, 15) is 9.59 Å². The number of anilines is 1. The molecule has 0 aromatic heterocycles. The van der Waals surface area contributed by atoms with Crippen molar-refractivity contribution in [3.8, 4) is 11.5 Å². The van der Waals surface area contributed by atoms with Crippen molar-refractivity contribution in [1.29, 1.82) is 0 Å². The average molecular weight is 435 g/mol. The molecule has 1 aliphatic carbocycles. The Morgan fingerprint density at radius 2 is 1.50 bits per heavy atom. The molecule has 168 valence electrons. The van der Waals surface area contributed by atoms with E-state index in [1.54, 1.807) is 26.4 Å². The van der Waals surface area contributed by atoms with Crippen molar-refractivity contribution in [2.75, 3.05) is 26.2 Å². The van der Waals surface area contributed by atoms with Crippen LogP contribution in [0.25, 0.3) is 5.57 Å². The average Bonchev–Trinajstić information content (AvgIpc) is 2.98. The first-order valence-electron chi connectivity index (χ1n) is 11.2. The Labute approximate surface area is 189 Å². The fraction of sp³-hybridized carbons (Fsp3) is 0.385. The van der Waals surface area contributed by atoms with E-state index >= 15 is 0 Å². The van der Waals surface area contributed by atoms with Crippen LogP contribution in [-0.2, 0) is 9.59 Å². The summed E-state index contributed by atoms with van der Waals surface area (Å²) in [7, 11) is 4.98. The molecule has 0 spiro atoms. The molecule has 0 bridgehead atoms. The number of imide groups is 1. The Balaban J connectivity index is 1.83. The third-order valence-electron chi connectivity index (χ3n) is 6.43. The molecule has 2 aromatic rings. The van der Waals surface area contributed by atoms with E-state index in [-0.39, 0.29) is 17.9 Å². The number of carbonyl (C=O) groups is 2. The fourth-order valence-corrected chi connectivity index (χ4v) is 4.73. The zero-order valence-corrected chi connectivity index (χ0v) is 19.0. The number of hydrogen-bond acceptors (Lipinski definition) is 5. The molecule has 0 radical (unpaired) electrons. The summed E-state index contributed by atoms with van der Waals surface area (Å²) in [6, 6.07) is 14.9. The minimum atomic E-state index is -0.230. The zero-order valence-electron chi connectivity index (χ0n) is 19.0. The molecule has 1 heterocycles. The van der Waals surface area contributed by atoms with Gasteiger partial charge >= 0.3 is 0 Å². The second kappa shape index (κ2) is 9.47. The quantitative estimate of drug-likeness (QED) is 0.490. The van der Waals surface area contributed by atoms with Gasteiger partial charge in [0.15, 0.2) is 11.5 Å². The molecule has 6 nitrogen and oxygen atoms in total. The van der Waals surface area contributed by atoms with Gasteiger partial charge < -0.3 is 14.4 Å². The predicted molar refractivity (Wildman–Crippen MR) is 125 cm³/mol. The molecule has 2 aliphatic rings. The van der Waals surface area contributed by atoms with Gasteiger partial charge in [0.2, 0.25) is 0 Å². The van der Waals surface area contributed by atoms with Crippen LogP contribution >= 0.6 is 0 Å². The monoisotopic (exact) mass is 434 g/mol. The van der Waals surface area contributed by atoms with Gasteiger partial charge in [-0.15, -0.1) is 0 Å². The highest BCUT2D eigenvalue weighted by atomic mass is 16.5. The first kappa shape index (κ1) is 21.9. The minimum Gasteiger partial charge on any atom is -0.493 e. The maximum absolute atomic E-state index is 13.8. The lowest BCUT2D eigenvalue weighted by Gasteiger charge is -2.27. The van der Waals surface area contributed by atoms with Crippen molar-refractivity contribution in [1.82, 2.24) is 4.90 Å². The number of carbonyl (C=O) groups excluding carboxylic acids is 2. The fourth-order valence-electron chi connectivity index (χ4n) is 4.73. The lowest BCUT2D eigenvalue weighted by atomic mass is 10.0. The summed E-state index contributed by atoms with van der Waals surface area (Å²) in [5.74, 6) is 0.643. The van der Waals surface area contributed by atoms with Crippen molar-refractivity contribution in [2.45, 2.75) is 44.6 Å². The molecule has 1 saturated carbocycles. The van der Waals surface area contributed by atoms with Gasteiger partial charge in [0, 0.05) is 18.8 Å². The van der Waals surface area contributed by atoms with Crippen LogP contribution in [0.4, 0.5) is 5.69 Å². The summed E-state index contributed by atoms with van der Waals surface area (Å²) in [5.41, 5.74) is 2.31. The predicted octanol–water partition coefficient (Wildman–Crippen LogP) is 4.64. The van der Waals surface area contributed by atoms with Gasteiger partial charge in [0.1, 0.15) is 5.70 Å². The number of benzene rings is 2. The Morgan fingerprint density at radius 3 is 2.12 bits per heavy atom. The van der Waals surface area contributed by atoms with Crippen LogP contribution in [0.1, 0.15) is 44.1 Å². The summed E-state index contributed by atoms with van der Waals surface area (Å²) >= 11 is 0. The summed E-state index contributed by atoms with van der Waals surface area (Å²) in [6.45, 7) is 0. The number of methoxy groups -OCH3 is 2. The molecule has 4 rings (SSSR count). The number of likely N-dealkylation sites (N-methyl/N-ethyl adjacent to an activating group) is 1. The Kier molecular flexibility index (Phi) is 6.49. The largest absolute Gasteiger partial charge is 0.493 e. The number of ether oxygens (including phenoxy) is 2. The van der Waals surface area contributed by atoms with Crippen molar-refractivity contribution in [2.24, 2.45) is 0 Å². The SMILES string of the molecule is COc1ccc(C2=C(N(C)c3ccccc3)C(=O)N(C3CCCCCC3)C2=O)cc1OC. The van der Waals surface area contributed by atoms with Gasteiger partial charge in [0.25, 0.3) is 11.8 Å². The van der Waals surface area contributed by atoms with E-state index in [2.05, 4.69) is 0 Å². The van der Waals surface area contributed by atoms with Crippen LogP contribution in [0.5, 0.6) is 11.5 Å². The normalized spacial score (nSPS) is 17.5. The lowest BCUT2D eigenvalue weighted by Crippen LogP contribution is -2.42. The van der Waals surface area contributed by atoms with Gasteiger partial charge in [0.05, 0.1) is 19.8 Å². The van der Waals surface area contributed by atoms with E-state index < -0.39 is 0 Å². The van der Waals surface area contributed by atoms with E-state index in [1.165, 1.54) is 4.90 Å². The first-order valence-corrected chi connectivity index (χ1v) is 11.2. The molecule has 32 heavy (non-hydrogen) atoms. The number of hydrogen-bond donors (Lipinski definition) is 0. The van der Waals surface area contributed by atoms with Gasteiger partial charge in [-0.05, 0) is 42.7 Å². The van der Waals surface area contributed by atoms with Crippen molar-refractivity contribution in [3.05, 3.63) is 59.8 Å². The third-order valence-corrected chi connectivity index (χ3v) is 6.43. The summed E-state index contributed by atoms with van der Waals surface area (Å²) in [6.07, 6.45) is 6.10. The van der Waals surface area contributed by atoms with Crippen LogP contribution in [0, 0.1) is 0 Å². The molecule has 0 N–H and O–H groups in total. The van der Waals surface area contributed by atoms with Crippen molar-refractivity contribution in [3.63, 3.8) is 0 Å². The zero-order chi connectivity index (χ0) is 22.7. The highest BCUT2D eigenvalue weighted by Gasteiger charge is 2.44. The van der Waals surface area contributed by atoms with Crippen LogP contribution in [0.3, 0.4) is 0 Å². The summed E-state index contributed by atoms with van der Waals surface area (Å²) < 4.78 is 10.8. The standard InChI is InChI=1S/C26H30N2O4/c1-27(19-11-9-6-10-12-19)24-23(18-15-16-21(31-2)22(17-18)32-3)25(29)28(26(24)30)20-13-7-4-5-8-14-20/h6,9-12,15-17,20H,4-5,7-8,13-14H2,1-3H3. The summed E-state index contributed by atoms with van der Waals surface area (Å²) in [5, 5.41) is 0. The molecular weight excluding hydrogens is 404 g/mol. The number of rotatable bonds is 6. The molecule has 2 aromatic carbocycles. The number of para-hydroxylation sites is 1. The maximum atomic E-state index is 13.8. The van der Waals surface area contributed by atoms with Crippen LogP contribution < -0.4 is 14.4 Å². The second-order valence-electron chi connectivity index (χ2n) is 8.31. The first-order chi connectivity index (χ1) is 15.6. The molecule has 1 aliphatic heterocycles. The lowest BCUT2D eigenvalue weighted by molar-refractivity contribution is -0.139. The highest BCUT2D eigenvalue weighted by molar-refractivity contribution is 6.37. The van der Waals surface area contributed by atoms with Crippen molar-refractivity contribution < 1.29 is 19.1 Å². The Morgan fingerprint density at radius 1 is 0.844 bits per heavy atom. The molecule has 2 amide bonds. The molecule has 0 atom stereocenters. The molecule has 0 unspecified atom stereocenters.